The van der Waals surface area contributed by atoms with Crippen molar-refractivity contribution in [1.29, 1.82) is 0 Å². The van der Waals surface area contributed by atoms with E-state index in [-0.39, 0.29) is 5.91 Å². The van der Waals surface area contributed by atoms with E-state index >= 15 is 0 Å². The van der Waals surface area contributed by atoms with E-state index in [0.29, 0.717) is 11.1 Å². The molecule has 5 nitrogen and oxygen atoms in total. The summed E-state index contributed by atoms with van der Waals surface area (Å²) in [6.07, 6.45) is 0. The fraction of sp³-hybridized carbons (Fsp3) is 0.0526. The Morgan fingerprint density at radius 1 is 1.12 bits per heavy atom. The third kappa shape index (κ3) is 4.04. The van der Waals surface area contributed by atoms with Gasteiger partial charge in [0.05, 0.1) is 0 Å². The van der Waals surface area contributed by atoms with Gasteiger partial charge in [-0.15, -0.1) is 0 Å². The van der Waals surface area contributed by atoms with Crippen molar-refractivity contribution in [1.82, 2.24) is 0 Å². The van der Waals surface area contributed by atoms with Crippen molar-refractivity contribution in [3.63, 3.8) is 0 Å². The Kier molecular flexibility index (Phi) is 5.57. The summed E-state index contributed by atoms with van der Waals surface area (Å²) in [5.74, 6) is -1.35. The molecule has 1 amide bonds. The summed E-state index contributed by atoms with van der Waals surface area (Å²) in [4.78, 5) is 24.6. The third-order valence-electron chi connectivity index (χ3n) is 3.91. The van der Waals surface area contributed by atoms with Gasteiger partial charge >= 0.3 is 163 Å². The van der Waals surface area contributed by atoms with Gasteiger partial charge < -0.3 is 0 Å². The zero-order chi connectivity index (χ0) is 18.7. The van der Waals surface area contributed by atoms with Crippen molar-refractivity contribution in [3.05, 3.63) is 71.1 Å². The fourth-order valence-corrected chi connectivity index (χ4v) is 3.69. The molecule has 0 aliphatic carbocycles. The average molecular weight is 428 g/mol. The minimum absolute atomic E-state index is 0.248. The zero-order valence-corrected chi connectivity index (χ0v) is 16.9. The molecule has 0 saturated carbocycles. The number of carboxylic acids is 1. The Hall–Kier alpha value is -2.40. The summed E-state index contributed by atoms with van der Waals surface area (Å²) in [5.41, 5.74) is 8.30. The van der Waals surface area contributed by atoms with E-state index in [4.69, 9.17) is 10.8 Å². The monoisotopic (exact) mass is 428 g/mol. The van der Waals surface area contributed by atoms with E-state index in [1.807, 2.05) is 35.7 Å². The number of hydrogen-bond donors (Lipinski definition) is 3. The first-order valence-corrected chi connectivity index (χ1v) is 9.88. The Balaban J connectivity index is 1.79. The normalized spacial score (nSPS) is 11.8. The van der Waals surface area contributed by atoms with Crippen molar-refractivity contribution in [2.24, 2.45) is 5.73 Å². The van der Waals surface area contributed by atoms with Crippen LogP contribution in [0.2, 0.25) is 0 Å². The summed E-state index contributed by atoms with van der Waals surface area (Å²) in [5, 5.41) is 13.9. The second-order valence-corrected chi connectivity index (χ2v) is 7.92. The van der Waals surface area contributed by atoms with Crippen molar-refractivity contribution in [3.8, 4) is 10.4 Å². The maximum absolute atomic E-state index is 12.5. The first-order chi connectivity index (χ1) is 12.5. The fourth-order valence-electron chi connectivity index (χ4n) is 2.44. The number of carboxylic acid groups (broad SMARTS) is 1. The number of carbonyl (C=O) groups excluding carboxylic acids is 1. The van der Waals surface area contributed by atoms with Crippen LogP contribution in [-0.2, 0) is 4.79 Å². The SMILES string of the molecule is NC(C(=O)O)c1ccc(C(=O)Nc2cc(-c3cccs3)ccc2[AsH2])cc1. The molecule has 7 heteroatoms. The Labute approximate surface area is 163 Å². The van der Waals surface area contributed by atoms with E-state index in [1.165, 1.54) is 16.9 Å². The molecule has 0 saturated heterocycles. The van der Waals surface area contributed by atoms with Gasteiger partial charge in [-0.05, 0) is 0 Å². The van der Waals surface area contributed by atoms with Gasteiger partial charge in [0.1, 0.15) is 0 Å². The maximum atomic E-state index is 12.5. The van der Waals surface area contributed by atoms with Crippen LogP contribution in [0.4, 0.5) is 5.69 Å². The van der Waals surface area contributed by atoms with E-state index in [9.17, 15) is 9.59 Å². The van der Waals surface area contributed by atoms with Gasteiger partial charge in [-0.1, -0.05) is 0 Å². The van der Waals surface area contributed by atoms with Gasteiger partial charge in [0, 0.05) is 0 Å². The van der Waals surface area contributed by atoms with Crippen molar-refractivity contribution >= 4 is 50.1 Å². The van der Waals surface area contributed by atoms with Gasteiger partial charge in [-0.3, -0.25) is 0 Å². The number of hydrogen-bond acceptors (Lipinski definition) is 4. The van der Waals surface area contributed by atoms with Crippen LogP contribution in [0.15, 0.2) is 60.0 Å². The molecule has 26 heavy (non-hydrogen) atoms. The number of thiophene rings is 1. The molecular formula is C19H17AsN2O3S. The first-order valence-electron chi connectivity index (χ1n) is 7.79. The molecule has 132 valence electrons. The number of nitrogens with one attached hydrogen (secondary N) is 1. The summed E-state index contributed by atoms with van der Waals surface area (Å²) in [6, 6.07) is 15.2. The molecular weight excluding hydrogens is 411 g/mol. The molecule has 4 N–H and O–H groups in total. The summed E-state index contributed by atoms with van der Waals surface area (Å²) in [6.45, 7) is 0. The molecule has 2 aromatic carbocycles. The van der Waals surface area contributed by atoms with E-state index in [2.05, 4.69) is 5.32 Å². The van der Waals surface area contributed by atoms with Gasteiger partial charge in [0.2, 0.25) is 0 Å². The Bertz CT molecular complexity index is 940. The van der Waals surface area contributed by atoms with Crippen LogP contribution in [0, 0.1) is 0 Å². The number of nitrogens with two attached hydrogens (primary N) is 1. The van der Waals surface area contributed by atoms with Crippen LogP contribution < -0.4 is 15.4 Å². The van der Waals surface area contributed by atoms with Crippen molar-refractivity contribution in [2.75, 3.05) is 5.32 Å². The number of benzene rings is 2. The molecule has 3 rings (SSSR count). The number of anilines is 1. The van der Waals surface area contributed by atoms with Gasteiger partial charge in [-0.2, -0.15) is 0 Å². The first kappa shape index (κ1) is 18.4. The van der Waals surface area contributed by atoms with Gasteiger partial charge in [0.15, 0.2) is 0 Å². The predicted molar refractivity (Wildman–Crippen MR) is 107 cm³/mol. The van der Waals surface area contributed by atoms with Crippen LogP contribution >= 0.6 is 11.3 Å². The van der Waals surface area contributed by atoms with Crippen molar-refractivity contribution in [2.45, 2.75) is 6.04 Å². The average Bonchev–Trinajstić information content (AvgIpc) is 3.17. The molecule has 1 heterocycles. The van der Waals surface area contributed by atoms with E-state index in [0.717, 1.165) is 20.5 Å². The number of aliphatic carboxylic acids is 1. The molecule has 0 aliphatic rings. The quantitative estimate of drug-likeness (QED) is 0.543. The summed E-state index contributed by atoms with van der Waals surface area (Å²) >= 11 is 3.07. The summed E-state index contributed by atoms with van der Waals surface area (Å²) < 4.78 is 1.02. The molecule has 0 fully saturated rings. The Morgan fingerprint density at radius 2 is 1.85 bits per heavy atom. The standard InChI is InChI=1S/C19H17AsN2O3S/c20-14-8-7-13(16-2-1-9-26-16)10-15(14)22-18(23)12-5-3-11(4-6-12)17(21)19(24)25/h1-10,17H,20-21H2,(H,22,23)(H,24,25). The van der Waals surface area contributed by atoms with E-state index < -0.39 is 12.0 Å². The van der Waals surface area contributed by atoms with Gasteiger partial charge in [-0.25, -0.2) is 0 Å². The molecule has 0 radical (unpaired) electrons. The Morgan fingerprint density at radius 3 is 2.46 bits per heavy atom. The topological polar surface area (TPSA) is 92.4 Å². The third-order valence-corrected chi connectivity index (χ3v) is 5.88. The van der Waals surface area contributed by atoms with Gasteiger partial charge in [0.25, 0.3) is 0 Å². The van der Waals surface area contributed by atoms with Crippen molar-refractivity contribution < 1.29 is 14.7 Å². The predicted octanol–water partition coefficient (Wildman–Crippen LogP) is 2.01. The number of amides is 1. The number of rotatable bonds is 5. The molecule has 0 bridgehead atoms. The molecule has 2 atom stereocenters. The summed E-state index contributed by atoms with van der Waals surface area (Å²) in [7, 11) is 0. The zero-order valence-electron chi connectivity index (χ0n) is 13.7. The van der Waals surface area contributed by atoms with Crippen LogP contribution in [0.5, 0.6) is 0 Å². The molecule has 0 aliphatic heterocycles. The second kappa shape index (κ2) is 7.87. The van der Waals surface area contributed by atoms with Crippen LogP contribution in [-0.4, -0.2) is 33.8 Å². The number of carbonyl (C=O) groups is 2. The molecule has 3 aromatic rings. The van der Waals surface area contributed by atoms with E-state index in [1.54, 1.807) is 35.6 Å². The van der Waals surface area contributed by atoms with Crippen LogP contribution in [0.3, 0.4) is 0 Å². The second-order valence-electron chi connectivity index (χ2n) is 5.67. The molecule has 1 aromatic heterocycles. The minimum atomic E-state index is -1.11. The molecule has 2 unspecified atom stereocenters. The van der Waals surface area contributed by atoms with Crippen LogP contribution in [0.25, 0.3) is 10.4 Å². The van der Waals surface area contributed by atoms with Crippen LogP contribution in [0.1, 0.15) is 22.0 Å². The molecule has 0 spiro atoms.